The first-order valence-corrected chi connectivity index (χ1v) is 7.70. The monoisotopic (exact) mass is 334 g/mol. The highest BCUT2D eigenvalue weighted by Gasteiger charge is 2.33. The van der Waals surface area contributed by atoms with Crippen molar-refractivity contribution in [2.45, 2.75) is 6.29 Å². The van der Waals surface area contributed by atoms with E-state index in [1.165, 1.54) is 0 Å². The van der Waals surface area contributed by atoms with Crippen LogP contribution >= 0.6 is 0 Å². The van der Waals surface area contributed by atoms with Crippen LogP contribution in [0, 0.1) is 0 Å². The number of hydrogen-bond acceptors (Lipinski definition) is 5. The number of benzene rings is 3. The van der Waals surface area contributed by atoms with Gasteiger partial charge in [-0.1, -0.05) is 36.4 Å². The maximum absolute atomic E-state index is 11.0. The molecule has 0 saturated carbocycles. The Morgan fingerprint density at radius 1 is 0.680 bits per heavy atom. The molecule has 1 fully saturated rings. The quantitative estimate of drug-likeness (QED) is 0.685. The van der Waals surface area contributed by atoms with Gasteiger partial charge in [0.05, 0.1) is 0 Å². The maximum atomic E-state index is 11.0. The molecule has 2 N–H and O–H groups in total. The van der Waals surface area contributed by atoms with Crippen LogP contribution in [0.2, 0.25) is 0 Å². The van der Waals surface area contributed by atoms with Crippen LogP contribution in [0.5, 0.6) is 11.5 Å². The summed E-state index contributed by atoms with van der Waals surface area (Å²) in [4.78, 5) is 11.0. The summed E-state index contributed by atoms with van der Waals surface area (Å²) >= 11 is 0. The van der Waals surface area contributed by atoms with Gasteiger partial charge in [0.1, 0.15) is 11.5 Å². The van der Waals surface area contributed by atoms with Crippen molar-refractivity contribution in [2.75, 3.05) is 0 Å². The van der Waals surface area contributed by atoms with E-state index < -0.39 is 12.4 Å². The number of carbonyl (C=O) groups excluding carboxylic acids is 1. The Balaban J connectivity index is 1.81. The van der Waals surface area contributed by atoms with E-state index in [1.54, 1.807) is 36.4 Å². The molecule has 5 nitrogen and oxygen atoms in total. The van der Waals surface area contributed by atoms with E-state index in [-0.39, 0.29) is 11.5 Å². The zero-order valence-electron chi connectivity index (χ0n) is 13.0. The molecule has 1 saturated heterocycles. The minimum atomic E-state index is -0.731. The molecule has 0 amide bonds. The summed E-state index contributed by atoms with van der Waals surface area (Å²) in [6.45, 7) is 0. The van der Waals surface area contributed by atoms with E-state index in [2.05, 4.69) is 0 Å². The molecule has 0 aromatic heterocycles. The molecular weight excluding hydrogens is 320 g/mol. The number of aromatic hydroxyl groups is 2. The third kappa shape index (κ3) is 2.87. The molecule has 3 aromatic carbocycles. The summed E-state index contributed by atoms with van der Waals surface area (Å²) in [5.41, 5.74) is 4.31. The van der Waals surface area contributed by atoms with Crippen LogP contribution in [-0.4, -0.2) is 16.4 Å². The lowest BCUT2D eigenvalue weighted by Crippen LogP contribution is -2.28. The molecule has 1 aliphatic rings. The van der Waals surface area contributed by atoms with Crippen molar-refractivity contribution in [3.8, 4) is 33.8 Å². The fourth-order valence-corrected chi connectivity index (χ4v) is 2.80. The number of carbonyl (C=O) groups is 1. The highest BCUT2D eigenvalue weighted by molar-refractivity contribution is 5.77. The summed E-state index contributed by atoms with van der Waals surface area (Å²) in [5, 5.41) is 19.0. The number of phenols is 2. The third-order valence-electron chi connectivity index (χ3n) is 4.09. The molecule has 3 aromatic rings. The van der Waals surface area contributed by atoms with Gasteiger partial charge in [-0.15, -0.1) is 0 Å². The zero-order valence-corrected chi connectivity index (χ0v) is 13.0. The number of hydrogen-bond donors (Lipinski definition) is 2. The zero-order chi connectivity index (χ0) is 17.4. The van der Waals surface area contributed by atoms with E-state index in [9.17, 15) is 15.0 Å². The second-order valence-electron chi connectivity index (χ2n) is 5.71. The van der Waals surface area contributed by atoms with Crippen LogP contribution in [0.3, 0.4) is 0 Å². The van der Waals surface area contributed by atoms with Crippen LogP contribution in [0.25, 0.3) is 22.3 Å². The van der Waals surface area contributed by atoms with Gasteiger partial charge in [-0.05, 0) is 52.6 Å². The normalized spacial score (nSPS) is 13.7. The van der Waals surface area contributed by atoms with E-state index in [0.29, 0.717) is 0 Å². The van der Waals surface area contributed by atoms with E-state index >= 15 is 0 Å². The summed E-state index contributed by atoms with van der Waals surface area (Å²) in [7, 11) is 0. The molecule has 1 aliphatic heterocycles. The fraction of sp³-hybridized carbons (Fsp3) is 0.0500. The molecule has 1 heterocycles. The lowest BCUT2D eigenvalue weighted by Gasteiger charge is -2.27. The van der Waals surface area contributed by atoms with Crippen LogP contribution in [0.1, 0.15) is 11.9 Å². The highest BCUT2D eigenvalue weighted by atomic mass is 16.9. The highest BCUT2D eigenvalue weighted by Crippen LogP contribution is 2.38. The average Bonchev–Trinajstić information content (AvgIpc) is 2.60. The number of cyclic esters (lactones) is 2. The van der Waals surface area contributed by atoms with E-state index in [1.807, 2.05) is 30.3 Å². The van der Waals surface area contributed by atoms with Crippen LogP contribution in [0.15, 0.2) is 66.7 Å². The van der Waals surface area contributed by atoms with Crippen molar-refractivity contribution in [2.24, 2.45) is 0 Å². The molecule has 0 spiro atoms. The lowest BCUT2D eigenvalue weighted by atomic mass is 9.94. The van der Waals surface area contributed by atoms with Crippen molar-refractivity contribution in [1.82, 2.24) is 0 Å². The maximum Gasteiger partial charge on any atom is 0.515 e. The van der Waals surface area contributed by atoms with Crippen LogP contribution in [0.4, 0.5) is 4.79 Å². The first kappa shape index (κ1) is 15.1. The number of rotatable bonds is 3. The standard InChI is InChI=1S/C20H14O5/c21-15-6-1-12(2-7-15)14-5-10-17(19-24-20(23)25-19)18(11-14)13-3-8-16(22)9-4-13/h1-11,19,21-22H. The first-order valence-electron chi connectivity index (χ1n) is 7.70. The Kier molecular flexibility index (Phi) is 3.54. The summed E-state index contributed by atoms with van der Waals surface area (Å²) < 4.78 is 10.1. The summed E-state index contributed by atoms with van der Waals surface area (Å²) in [5.74, 6) is 0.375. The number of ether oxygens (including phenoxy) is 2. The van der Waals surface area contributed by atoms with Crippen LogP contribution < -0.4 is 0 Å². The predicted molar refractivity (Wildman–Crippen MR) is 91.0 cm³/mol. The van der Waals surface area contributed by atoms with Crippen molar-refractivity contribution in [3.05, 3.63) is 72.3 Å². The second-order valence-corrected chi connectivity index (χ2v) is 5.71. The smallest absolute Gasteiger partial charge is 0.508 e. The molecule has 25 heavy (non-hydrogen) atoms. The largest absolute Gasteiger partial charge is 0.515 e. The molecule has 0 atom stereocenters. The van der Waals surface area contributed by atoms with Gasteiger partial charge in [-0.3, -0.25) is 0 Å². The molecule has 124 valence electrons. The van der Waals surface area contributed by atoms with Gasteiger partial charge in [0, 0.05) is 5.56 Å². The molecule has 0 radical (unpaired) electrons. The van der Waals surface area contributed by atoms with Crippen molar-refractivity contribution in [3.63, 3.8) is 0 Å². The Labute approximate surface area is 143 Å². The van der Waals surface area contributed by atoms with Gasteiger partial charge in [-0.25, -0.2) is 4.79 Å². The van der Waals surface area contributed by atoms with Crippen LogP contribution in [-0.2, 0) is 9.47 Å². The Bertz CT molecular complexity index is 921. The lowest BCUT2D eigenvalue weighted by molar-refractivity contribution is -0.186. The van der Waals surface area contributed by atoms with Gasteiger partial charge in [0.25, 0.3) is 6.29 Å². The summed E-state index contributed by atoms with van der Waals surface area (Å²) in [6, 6.07) is 19.4. The predicted octanol–water partition coefficient (Wildman–Crippen LogP) is 4.60. The molecular formula is C20H14O5. The Morgan fingerprint density at radius 2 is 1.20 bits per heavy atom. The SMILES string of the molecule is O=C1OC(c2ccc(-c3ccc(O)cc3)cc2-c2ccc(O)cc2)O1. The Hall–Kier alpha value is -3.47. The van der Waals surface area contributed by atoms with E-state index in [4.69, 9.17) is 9.47 Å². The van der Waals surface area contributed by atoms with Crippen molar-refractivity contribution in [1.29, 1.82) is 0 Å². The molecule has 5 heteroatoms. The minimum Gasteiger partial charge on any atom is -0.508 e. The molecule has 4 rings (SSSR count). The average molecular weight is 334 g/mol. The van der Waals surface area contributed by atoms with Crippen molar-refractivity contribution < 1.29 is 24.5 Å². The van der Waals surface area contributed by atoms with Gasteiger partial charge < -0.3 is 19.7 Å². The van der Waals surface area contributed by atoms with E-state index in [0.717, 1.165) is 27.8 Å². The topological polar surface area (TPSA) is 76.0 Å². The third-order valence-corrected chi connectivity index (χ3v) is 4.09. The van der Waals surface area contributed by atoms with Gasteiger partial charge >= 0.3 is 6.16 Å². The van der Waals surface area contributed by atoms with Crippen molar-refractivity contribution >= 4 is 6.16 Å². The van der Waals surface area contributed by atoms with Gasteiger partial charge in [0.15, 0.2) is 0 Å². The number of phenolic OH excluding ortho intramolecular Hbond substituents is 2. The van der Waals surface area contributed by atoms with Gasteiger partial charge in [0.2, 0.25) is 0 Å². The summed E-state index contributed by atoms with van der Waals surface area (Å²) in [6.07, 6.45) is -1.42. The minimum absolute atomic E-state index is 0.173. The van der Waals surface area contributed by atoms with Gasteiger partial charge in [-0.2, -0.15) is 0 Å². The Morgan fingerprint density at radius 3 is 1.76 bits per heavy atom. The first-order chi connectivity index (χ1) is 12.1. The fourth-order valence-electron chi connectivity index (χ4n) is 2.80. The molecule has 0 unspecified atom stereocenters. The molecule has 0 bridgehead atoms. The molecule has 0 aliphatic carbocycles. The second kappa shape index (κ2) is 5.87.